The summed E-state index contributed by atoms with van der Waals surface area (Å²) in [6, 6.07) is 0.245. The summed E-state index contributed by atoms with van der Waals surface area (Å²) < 4.78 is 1.62. The minimum atomic E-state index is -0.424. The summed E-state index contributed by atoms with van der Waals surface area (Å²) in [7, 11) is 0. The lowest BCUT2D eigenvalue weighted by atomic mass is 9.80. The molecule has 0 aliphatic carbocycles. The third-order valence-electron chi connectivity index (χ3n) is 3.87. The van der Waals surface area contributed by atoms with Crippen LogP contribution < -0.4 is 5.73 Å². The highest BCUT2D eigenvalue weighted by molar-refractivity contribution is 5.20. The fourth-order valence-electron chi connectivity index (χ4n) is 2.49. The second kappa shape index (κ2) is 5.26. The van der Waals surface area contributed by atoms with Gasteiger partial charge in [-0.05, 0) is 18.4 Å². The van der Waals surface area contributed by atoms with Crippen LogP contribution in [0.4, 0.5) is 5.69 Å². The summed E-state index contributed by atoms with van der Waals surface area (Å²) in [4.78, 5) is 12.5. The molecular weight excluding hydrogens is 246 g/mol. The van der Waals surface area contributed by atoms with E-state index in [4.69, 9.17) is 5.73 Å². The van der Waals surface area contributed by atoms with Gasteiger partial charge in [0.05, 0.1) is 11.5 Å². The SMILES string of the molecule is CC1(C)CN(CCn2cc([N+](=O)[O-])cn2)CCC1N. The van der Waals surface area contributed by atoms with E-state index in [0.717, 1.165) is 26.1 Å². The van der Waals surface area contributed by atoms with Crippen molar-refractivity contribution in [3.8, 4) is 0 Å². The summed E-state index contributed by atoms with van der Waals surface area (Å²) in [5.74, 6) is 0. The molecule has 1 fully saturated rings. The number of nitrogens with zero attached hydrogens (tertiary/aromatic N) is 4. The van der Waals surface area contributed by atoms with E-state index in [2.05, 4.69) is 23.8 Å². The van der Waals surface area contributed by atoms with Gasteiger partial charge in [-0.3, -0.25) is 14.8 Å². The van der Waals surface area contributed by atoms with Gasteiger partial charge in [0.1, 0.15) is 12.4 Å². The number of hydrogen-bond donors (Lipinski definition) is 1. The second-order valence-electron chi connectivity index (χ2n) is 5.88. The zero-order valence-corrected chi connectivity index (χ0v) is 11.5. The third kappa shape index (κ3) is 3.30. The molecule has 0 radical (unpaired) electrons. The predicted molar refractivity (Wildman–Crippen MR) is 71.7 cm³/mol. The third-order valence-corrected chi connectivity index (χ3v) is 3.87. The molecule has 0 bridgehead atoms. The van der Waals surface area contributed by atoms with Crippen LogP contribution in [0.5, 0.6) is 0 Å². The molecule has 1 aliphatic rings. The van der Waals surface area contributed by atoms with Crippen molar-refractivity contribution in [1.29, 1.82) is 0 Å². The van der Waals surface area contributed by atoms with Crippen molar-refractivity contribution in [1.82, 2.24) is 14.7 Å². The zero-order valence-electron chi connectivity index (χ0n) is 11.5. The monoisotopic (exact) mass is 267 g/mol. The molecule has 7 heteroatoms. The highest BCUT2D eigenvalue weighted by atomic mass is 16.6. The normalized spacial score (nSPS) is 23.4. The van der Waals surface area contributed by atoms with Crippen LogP contribution in [0.15, 0.2) is 12.4 Å². The van der Waals surface area contributed by atoms with Gasteiger partial charge in [0.15, 0.2) is 0 Å². The van der Waals surface area contributed by atoms with Crippen molar-refractivity contribution in [3.05, 3.63) is 22.5 Å². The van der Waals surface area contributed by atoms with Crippen molar-refractivity contribution in [3.63, 3.8) is 0 Å². The number of hydrogen-bond acceptors (Lipinski definition) is 5. The number of piperidine rings is 1. The second-order valence-corrected chi connectivity index (χ2v) is 5.88. The Bertz CT molecular complexity index is 457. The maximum Gasteiger partial charge on any atom is 0.306 e. The first-order chi connectivity index (χ1) is 8.88. The summed E-state index contributed by atoms with van der Waals surface area (Å²) in [6.07, 6.45) is 3.75. The minimum absolute atomic E-state index is 0.0426. The maximum atomic E-state index is 10.6. The molecule has 19 heavy (non-hydrogen) atoms. The van der Waals surface area contributed by atoms with Gasteiger partial charge in [0.2, 0.25) is 0 Å². The number of nitro groups is 1. The molecule has 0 aromatic carbocycles. The minimum Gasteiger partial charge on any atom is -0.327 e. The fraction of sp³-hybridized carbons (Fsp3) is 0.750. The standard InChI is InChI=1S/C12H21N5O2/c1-12(2)9-15(4-3-11(12)13)5-6-16-8-10(7-14-16)17(18)19/h7-8,11H,3-6,9,13H2,1-2H3. The Morgan fingerprint density at radius 2 is 2.32 bits per heavy atom. The van der Waals surface area contributed by atoms with E-state index in [-0.39, 0.29) is 17.1 Å². The molecule has 7 nitrogen and oxygen atoms in total. The van der Waals surface area contributed by atoms with Gasteiger partial charge in [0, 0.05) is 19.1 Å². The Hall–Kier alpha value is -1.47. The van der Waals surface area contributed by atoms with E-state index in [1.807, 2.05) is 0 Å². The molecule has 2 rings (SSSR count). The van der Waals surface area contributed by atoms with Crippen LogP contribution >= 0.6 is 0 Å². The molecule has 1 unspecified atom stereocenters. The Labute approximate surface area is 112 Å². The number of aromatic nitrogens is 2. The Morgan fingerprint density at radius 1 is 1.58 bits per heavy atom. The molecule has 0 spiro atoms. The Kier molecular flexibility index (Phi) is 3.86. The van der Waals surface area contributed by atoms with Gasteiger partial charge >= 0.3 is 5.69 Å². The number of likely N-dealkylation sites (tertiary alicyclic amines) is 1. The average molecular weight is 267 g/mol. The highest BCUT2D eigenvalue weighted by Gasteiger charge is 2.33. The first-order valence-corrected chi connectivity index (χ1v) is 6.53. The number of rotatable bonds is 4. The summed E-state index contributed by atoms with van der Waals surface area (Å²) in [5.41, 5.74) is 6.26. The van der Waals surface area contributed by atoms with Crippen molar-refractivity contribution in [2.24, 2.45) is 11.1 Å². The summed E-state index contributed by atoms with van der Waals surface area (Å²) in [6.45, 7) is 7.81. The smallest absolute Gasteiger partial charge is 0.306 e. The molecule has 1 atom stereocenters. The molecule has 1 aliphatic heterocycles. The van der Waals surface area contributed by atoms with Gasteiger partial charge in [-0.1, -0.05) is 13.8 Å². The van der Waals surface area contributed by atoms with E-state index in [1.165, 1.54) is 12.4 Å². The molecule has 1 saturated heterocycles. The Balaban J connectivity index is 1.87. The summed E-state index contributed by atoms with van der Waals surface area (Å²) >= 11 is 0. The first kappa shape index (κ1) is 14.0. The van der Waals surface area contributed by atoms with Crippen molar-refractivity contribution in [2.75, 3.05) is 19.6 Å². The van der Waals surface area contributed by atoms with Crippen LogP contribution in [0, 0.1) is 15.5 Å². The predicted octanol–water partition coefficient (Wildman–Crippen LogP) is 0.851. The maximum absolute atomic E-state index is 10.6. The fourth-order valence-corrected chi connectivity index (χ4v) is 2.49. The molecule has 106 valence electrons. The van der Waals surface area contributed by atoms with Crippen LogP contribution in [0.2, 0.25) is 0 Å². The van der Waals surface area contributed by atoms with Crippen LogP contribution in [0.3, 0.4) is 0 Å². The zero-order chi connectivity index (χ0) is 14.0. The topological polar surface area (TPSA) is 90.2 Å². The number of nitrogens with two attached hydrogens (primary N) is 1. The molecule has 2 heterocycles. The van der Waals surface area contributed by atoms with Crippen LogP contribution in [0.1, 0.15) is 20.3 Å². The van der Waals surface area contributed by atoms with E-state index in [9.17, 15) is 10.1 Å². The van der Waals surface area contributed by atoms with E-state index >= 15 is 0 Å². The lowest BCUT2D eigenvalue weighted by molar-refractivity contribution is -0.385. The quantitative estimate of drug-likeness (QED) is 0.645. The molecule has 2 N–H and O–H groups in total. The van der Waals surface area contributed by atoms with Crippen LogP contribution in [0.25, 0.3) is 0 Å². The first-order valence-electron chi connectivity index (χ1n) is 6.53. The molecular formula is C12H21N5O2. The van der Waals surface area contributed by atoms with Gasteiger partial charge in [-0.15, -0.1) is 0 Å². The van der Waals surface area contributed by atoms with Crippen molar-refractivity contribution in [2.45, 2.75) is 32.9 Å². The largest absolute Gasteiger partial charge is 0.327 e. The molecule has 0 saturated carbocycles. The van der Waals surface area contributed by atoms with E-state index in [1.54, 1.807) is 4.68 Å². The lowest BCUT2D eigenvalue weighted by Gasteiger charge is -2.42. The average Bonchev–Trinajstić information content (AvgIpc) is 2.79. The lowest BCUT2D eigenvalue weighted by Crippen LogP contribution is -2.52. The van der Waals surface area contributed by atoms with Gasteiger partial charge in [-0.25, -0.2) is 0 Å². The molecule has 0 amide bonds. The van der Waals surface area contributed by atoms with Crippen LogP contribution in [-0.4, -0.2) is 45.3 Å². The highest BCUT2D eigenvalue weighted by Crippen LogP contribution is 2.27. The van der Waals surface area contributed by atoms with Gasteiger partial charge < -0.3 is 10.6 Å². The van der Waals surface area contributed by atoms with E-state index < -0.39 is 4.92 Å². The van der Waals surface area contributed by atoms with Gasteiger partial charge in [-0.2, -0.15) is 5.10 Å². The van der Waals surface area contributed by atoms with Crippen LogP contribution in [-0.2, 0) is 6.54 Å². The van der Waals surface area contributed by atoms with Gasteiger partial charge in [0.25, 0.3) is 0 Å². The summed E-state index contributed by atoms with van der Waals surface area (Å²) in [5, 5.41) is 14.6. The van der Waals surface area contributed by atoms with Crippen molar-refractivity contribution >= 4 is 5.69 Å². The Morgan fingerprint density at radius 3 is 2.89 bits per heavy atom. The molecule has 1 aromatic rings. The molecule has 1 aromatic heterocycles. The van der Waals surface area contributed by atoms with E-state index in [0.29, 0.717) is 6.54 Å². The van der Waals surface area contributed by atoms with Crippen molar-refractivity contribution < 1.29 is 4.92 Å².